The van der Waals surface area contributed by atoms with Gasteiger partial charge in [-0.3, -0.25) is 15.0 Å². The van der Waals surface area contributed by atoms with Crippen LogP contribution in [0.1, 0.15) is 47.7 Å². The van der Waals surface area contributed by atoms with Gasteiger partial charge in [0.1, 0.15) is 0 Å². The first-order chi connectivity index (χ1) is 15.0. The number of aromatic nitrogens is 1. The van der Waals surface area contributed by atoms with Crippen LogP contribution in [-0.2, 0) is 19.5 Å². The zero-order valence-corrected chi connectivity index (χ0v) is 17.9. The Bertz CT molecular complexity index is 1180. The van der Waals surface area contributed by atoms with Gasteiger partial charge in [0.15, 0.2) is 5.75 Å². The van der Waals surface area contributed by atoms with Crippen LogP contribution in [0.3, 0.4) is 0 Å². The number of hydrogen-bond donors (Lipinski definition) is 1. The van der Waals surface area contributed by atoms with Gasteiger partial charge in [-0.15, -0.1) is 0 Å². The van der Waals surface area contributed by atoms with Crippen LogP contribution in [0.5, 0.6) is 11.5 Å². The summed E-state index contributed by atoms with van der Waals surface area (Å²) in [6, 6.07) is 10.2. The van der Waals surface area contributed by atoms with E-state index >= 15 is 0 Å². The largest absolute Gasteiger partial charge is 0.500 e. The van der Waals surface area contributed by atoms with Crippen LogP contribution in [0.15, 0.2) is 30.3 Å². The summed E-state index contributed by atoms with van der Waals surface area (Å²) in [7, 11) is 1.42. The predicted molar refractivity (Wildman–Crippen MR) is 119 cm³/mol. The summed E-state index contributed by atoms with van der Waals surface area (Å²) in [6.07, 6.45) is 4.35. The van der Waals surface area contributed by atoms with Gasteiger partial charge in [-0.1, -0.05) is 11.6 Å². The molecule has 31 heavy (non-hydrogen) atoms. The molecule has 0 fully saturated rings. The molecule has 1 unspecified atom stereocenters. The van der Waals surface area contributed by atoms with Gasteiger partial charge in [-0.05, 0) is 61.9 Å². The average molecular weight is 421 g/mol. The minimum absolute atomic E-state index is 0.146. The van der Waals surface area contributed by atoms with Crippen LogP contribution >= 0.6 is 0 Å². The zero-order chi connectivity index (χ0) is 21.7. The van der Waals surface area contributed by atoms with Crippen molar-refractivity contribution in [3.05, 3.63) is 62.8 Å². The van der Waals surface area contributed by atoms with Crippen molar-refractivity contribution in [2.75, 3.05) is 13.7 Å². The van der Waals surface area contributed by atoms with Gasteiger partial charge in [0, 0.05) is 42.3 Å². The molecular weight excluding hydrogens is 394 g/mol. The van der Waals surface area contributed by atoms with E-state index in [1.807, 2.05) is 0 Å². The number of aryl methyl sites for hydroxylation is 3. The second kappa shape index (κ2) is 7.57. The minimum atomic E-state index is -0.553. The van der Waals surface area contributed by atoms with Crippen molar-refractivity contribution < 1.29 is 14.8 Å². The van der Waals surface area contributed by atoms with Crippen molar-refractivity contribution in [2.24, 2.45) is 0 Å². The van der Waals surface area contributed by atoms with Gasteiger partial charge < -0.3 is 14.4 Å². The van der Waals surface area contributed by atoms with Crippen LogP contribution in [-0.4, -0.2) is 33.2 Å². The van der Waals surface area contributed by atoms with Crippen molar-refractivity contribution >= 4 is 16.6 Å². The van der Waals surface area contributed by atoms with E-state index in [2.05, 4.69) is 34.6 Å². The number of phenolic OH excluding ortho intramolecular Hbond substituents is 1. The van der Waals surface area contributed by atoms with Crippen LogP contribution < -0.4 is 4.74 Å². The highest BCUT2D eigenvalue weighted by molar-refractivity contribution is 5.87. The first-order valence-corrected chi connectivity index (χ1v) is 10.9. The van der Waals surface area contributed by atoms with E-state index in [4.69, 9.17) is 4.74 Å². The summed E-state index contributed by atoms with van der Waals surface area (Å²) in [4.78, 5) is 13.3. The molecule has 1 aliphatic carbocycles. The molecule has 0 bridgehead atoms. The van der Waals surface area contributed by atoms with Gasteiger partial charge >= 0.3 is 5.69 Å². The first-order valence-electron chi connectivity index (χ1n) is 10.9. The summed E-state index contributed by atoms with van der Waals surface area (Å²) >= 11 is 0. The van der Waals surface area contributed by atoms with Crippen molar-refractivity contribution in [2.45, 2.75) is 51.7 Å². The molecule has 1 atom stereocenters. The van der Waals surface area contributed by atoms with Crippen molar-refractivity contribution in [3.8, 4) is 11.5 Å². The first kappa shape index (κ1) is 19.9. The molecule has 0 saturated carbocycles. The number of nitrogens with zero attached hydrogens (tertiary/aromatic N) is 3. The maximum absolute atomic E-state index is 11.4. The van der Waals surface area contributed by atoms with Crippen LogP contribution in [0.2, 0.25) is 0 Å². The Balaban J connectivity index is 1.57. The third-order valence-corrected chi connectivity index (χ3v) is 6.77. The fourth-order valence-electron chi connectivity index (χ4n) is 5.45. The van der Waals surface area contributed by atoms with E-state index < -0.39 is 10.7 Å². The van der Waals surface area contributed by atoms with E-state index in [-0.39, 0.29) is 17.5 Å². The molecule has 2 aliphatic rings. The highest BCUT2D eigenvalue weighted by Gasteiger charge is 2.34. The molecule has 0 saturated heterocycles. The van der Waals surface area contributed by atoms with Gasteiger partial charge in [-0.2, -0.15) is 0 Å². The lowest BCUT2D eigenvalue weighted by Gasteiger charge is -2.33. The molecule has 5 rings (SSSR count). The number of rotatable bonds is 4. The summed E-state index contributed by atoms with van der Waals surface area (Å²) in [5, 5.41) is 22.9. The van der Waals surface area contributed by atoms with Crippen LogP contribution in [0, 0.1) is 17.0 Å². The second-order valence-corrected chi connectivity index (χ2v) is 8.69. The average Bonchev–Trinajstić information content (AvgIpc) is 2.94. The Kier molecular flexibility index (Phi) is 4.85. The standard InChI is InChI=1S/C24H27N3O4/c1-15-7-8-19-18(11-15)17-5-3-6-20-23(17)26(19)10-4-9-25(20)14-16-12-21(27(29)30)24(28)22(13-16)31-2/h7-8,11-13,20,28H,3-6,9-10,14H2,1-2H3. The fourth-order valence-corrected chi connectivity index (χ4v) is 5.45. The minimum Gasteiger partial charge on any atom is -0.500 e. The van der Waals surface area contributed by atoms with Gasteiger partial charge in [0.05, 0.1) is 18.1 Å². The molecule has 7 heteroatoms. The molecule has 2 aromatic carbocycles. The topological polar surface area (TPSA) is 80.8 Å². The maximum atomic E-state index is 11.4. The van der Waals surface area contributed by atoms with Crippen molar-refractivity contribution in [1.29, 1.82) is 0 Å². The van der Waals surface area contributed by atoms with E-state index in [0.717, 1.165) is 44.3 Å². The molecule has 1 aromatic heterocycles. The number of phenols is 1. The maximum Gasteiger partial charge on any atom is 0.314 e. The third-order valence-electron chi connectivity index (χ3n) is 6.77. The van der Waals surface area contributed by atoms with Gasteiger partial charge in [-0.25, -0.2) is 0 Å². The van der Waals surface area contributed by atoms with Crippen LogP contribution in [0.25, 0.3) is 10.9 Å². The zero-order valence-electron chi connectivity index (χ0n) is 17.9. The lowest BCUT2D eigenvalue weighted by Crippen LogP contribution is -2.31. The van der Waals surface area contributed by atoms with E-state index in [9.17, 15) is 15.2 Å². The SMILES string of the molecule is COc1cc(CN2CCCn3c4c(c5cc(C)ccc53)CCCC42)cc([N+](=O)[O-])c1O. The number of methoxy groups -OCH3 is 1. The summed E-state index contributed by atoms with van der Waals surface area (Å²) < 4.78 is 7.71. The Morgan fingerprint density at radius 3 is 2.84 bits per heavy atom. The summed E-state index contributed by atoms with van der Waals surface area (Å²) in [6.45, 7) is 4.64. The third kappa shape index (κ3) is 3.24. The van der Waals surface area contributed by atoms with Gasteiger partial charge in [0.2, 0.25) is 5.75 Å². The normalized spacial score (nSPS) is 18.6. The number of benzene rings is 2. The predicted octanol–water partition coefficient (Wildman–Crippen LogP) is 4.86. The molecule has 162 valence electrons. The highest BCUT2D eigenvalue weighted by atomic mass is 16.6. The molecule has 7 nitrogen and oxygen atoms in total. The lowest BCUT2D eigenvalue weighted by molar-refractivity contribution is -0.386. The molecule has 1 aliphatic heterocycles. The summed E-state index contributed by atoms with van der Waals surface area (Å²) in [5.41, 5.74) is 5.98. The molecule has 0 amide bonds. The molecule has 3 aromatic rings. The monoisotopic (exact) mass is 421 g/mol. The van der Waals surface area contributed by atoms with Crippen LogP contribution in [0.4, 0.5) is 5.69 Å². The Morgan fingerprint density at radius 2 is 2.06 bits per heavy atom. The summed E-state index contributed by atoms with van der Waals surface area (Å²) in [5.74, 6) is -0.268. The number of nitro benzene ring substituents is 1. The molecule has 0 spiro atoms. The highest BCUT2D eigenvalue weighted by Crippen LogP contribution is 2.43. The molecule has 0 radical (unpaired) electrons. The van der Waals surface area contributed by atoms with E-state index in [0.29, 0.717) is 6.54 Å². The molecular formula is C24H27N3O4. The molecule has 1 N–H and O–H groups in total. The van der Waals surface area contributed by atoms with E-state index in [1.165, 1.54) is 40.9 Å². The lowest BCUT2D eigenvalue weighted by atomic mass is 9.90. The van der Waals surface area contributed by atoms with Crippen molar-refractivity contribution in [3.63, 3.8) is 0 Å². The number of ether oxygens (including phenoxy) is 1. The fraction of sp³-hybridized carbons (Fsp3) is 0.417. The van der Waals surface area contributed by atoms with Gasteiger partial charge in [0.25, 0.3) is 0 Å². The number of nitro groups is 1. The Hall–Kier alpha value is -3.06. The van der Waals surface area contributed by atoms with E-state index in [1.54, 1.807) is 6.07 Å². The smallest absolute Gasteiger partial charge is 0.314 e. The molecule has 2 heterocycles. The quantitative estimate of drug-likeness (QED) is 0.481. The van der Waals surface area contributed by atoms with Crippen molar-refractivity contribution in [1.82, 2.24) is 9.47 Å². The number of fused-ring (bicyclic) bond motifs is 3. The Labute approximate surface area is 181 Å². The Morgan fingerprint density at radius 1 is 1.23 bits per heavy atom. The number of aromatic hydroxyl groups is 1. The number of hydrogen-bond acceptors (Lipinski definition) is 5. The second-order valence-electron chi connectivity index (χ2n) is 8.69.